The lowest BCUT2D eigenvalue weighted by atomic mass is 9.78. The molecule has 0 bridgehead atoms. The molecule has 2 atom stereocenters. The SMILES string of the molecule is C=CC[C@@]1(S(=O)(=O)c2ccccc2)C(=O)N(c2ccc(C)cc2)[C@@H]1c1ccc(Cl)cc1. The van der Waals surface area contributed by atoms with Crippen molar-refractivity contribution < 1.29 is 13.2 Å². The van der Waals surface area contributed by atoms with Crippen LogP contribution in [0, 0.1) is 6.92 Å². The molecule has 1 amide bonds. The van der Waals surface area contributed by atoms with Crippen LogP contribution in [0.5, 0.6) is 0 Å². The summed E-state index contributed by atoms with van der Waals surface area (Å²) in [6.07, 6.45) is 1.51. The molecule has 0 radical (unpaired) electrons. The summed E-state index contributed by atoms with van der Waals surface area (Å²) in [5.74, 6) is -0.458. The second-order valence-corrected chi connectivity index (χ2v) is 10.3. The molecule has 0 aromatic heterocycles. The van der Waals surface area contributed by atoms with Crippen LogP contribution < -0.4 is 4.90 Å². The summed E-state index contributed by atoms with van der Waals surface area (Å²) in [6.45, 7) is 5.72. The van der Waals surface area contributed by atoms with Gasteiger partial charge in [0, 0.05) is 10.7 Å². The van der Waals surface area contributed by atoms with Crippen LogP contribution in [0.25, 0.3) is 0 Å². The van der Waals surface area contributed by atoms with Gasteiger partial charge in [0.2, 0.25) is 0 Å². The number of aryl methyl sites for hydroxylation is 1. The number of carbonyl (C=O) groups is 1. The highest BCUT2D eigenvalue weighted by Crippen LogP contribution is 2.54. The van der Waals surface area contributed by atoms with Crippen molar-refractivity contribution in [2.45, 2.75) is 29.0 Å². The van der Waals surface area contributed by atoms with Gasteiger partial charge in [-0.1, -0.05) is 65.7 Å². The Hall–Kier alpha value is -2.89. The average molecular weight is 452 g/mol. The predicted octanol–water partition coefficient (Wildman–Crippen LogP) is 5.53. The molecule has 0 unspecified atom stereocenters. The van der Waals surface area contributed by atoms with Crippen molar-refractivity contribution in [1.82, 2.24) is 0 Å². The third kappa shape index (κ3) is 3.29. The maximum atomic E-state index is 13.9. The molecule has 1 aliphatic rings. The highest BCUT2D eigenvalue weighted by atomic mass is 35.5. The number of sulfone groups is 1. The van der Waals surface area contributed by atoms with Gasteiger partial charge in [0.25, 0.3) is 5.91 Å². The zero-order valence-corrected chi connectivity index (χ0v) is 18.6. The van der Waals surface area contributed by atoms with Gasteiger partial charge in [0.1, 0.15) is 0 Å². The number of carbonyl (C=O) groups excluding carboxylic acids is 1. The van der Waals surface area contributed by atoms with Gasteiger partial charge in [-0.3, -0.25) is 4.79 Å². The number of β-lactam (4-membered cyclic amide) rings is 1. The summed E-state index contributed by atoms with van der Waals surface area (Å²) in [4.78, 5) is 15.4. The normalized spacial score (nSPS) is 20.9. The van der Waals surface area contributed by atoms with E-state index in [2.05, 4.69) is 6.58 Å². The van der Waals surface area contributed by atoms with Crippen molar-refractivity contribution in [2.24, 2.45) is 0 Å². The van der Waals surface area contributed by atoms with E-state index in [0.717, 1.165) is 5.56 Å². The zero-order valence-electron chi connectivity index (χ0n) is 17.0. The summed E-state index contributed by atoms with van der Waals surface area (Å²) in [6, 6.07) is 21.9. The molecule has 4 rings (SSSR count). The molecule has 4 nitrogen and oxygen atoms in total. The van der Waals surface area contributed by atoms with Gasteiger partial charge < -0.3 is 4.90 Å². The first-order valence-electron chi connectivity index (χ1n) is 9.89. The largest absolute Gasteiger partial charge is 0.301 e. The molecule has 0 saturated carbocycles. The van der Waals surface area contributed by atoms with Crippen LogP contribution in [0.4, 0.5) is 5.69 Å². The molecule has 1 heterocycles. The van der Waals surface area contributed by atoms with Crippen LogP contribution in [-0.4, -0.2) is 19.1 Å². The van der Waals surface area contributed by atoms with E-state index in [0.29, 0.717) is 16.3 Å². The lowest BCUT2D eigenvalue weighted by Gasteiger charge is -2.55. The molecule has 158 valence electrons. The number of benzene rings is 3. The Labute approximate surface area is 187 Å². The maximum Gasteiger partial charge on any atom is 0.252 e. The number of amides is 1. The number of allylic oxidation sites excluding steroid dienone is 1. The number of anilines is 1. The van der Waals surface area contributed by atoms with Crippen molar-refractivity contribution in [3.8, 4) is 0 Å². The molecule has 3 aromatic rings. The number of hydrogen-bond donors (Lipinski definition) is 0. The summed E-state index contributed by atoms with van der Waals surface area (Å²) in [5.41, 5.74) is 2.40. The van der Waals surface area contributed by atoms with Crippen LogP contribution in [-0.2, 0) is 14.6 Å². The Kier molecular flexibility index (Phi) is 5.50. The fraction of sp³-hybridized carbons (Fsp3) is 0.160. The minimum Gasteiger partial charge on any atom is -0.301 e. The van der Waals surface area contributed by atoms with Gasteiger partial charge in [-0.2, -0.15) is 0 Å². The Balaban J connectivity index is 1.94. The topological polar surface area (TPSA) is 54.5 Å². The first-order valence-corrected chi connectivity index (χ1v) is 11.8. The summed E-state index contributed by atoms with van der Waals surface area (Å²) >= 11 is 6.08. The molecule has 0 N–H and O–H groups in total. The molecular formula is C25H22ClNO3S. The third-order valence-electron chi connectivity index (χ3n) is 5.76. The van der Waals surface area contributed by atoms with Gasteiger partial charge in [0.15, 0.2) is 14.6 Å². The van der Waals surface area contributed by atoms with Crippen molar-refractivity contribution in [2.75, 3.05) is 4.90 Å². The fourth-order valence-electron chi connectivity index (χ4n) is 4.21. The summed E-state index contributed by atoms with van der Waals surface area (Å²) < 4.78 is 26.1. The molecule has 1 saturated heterocycles. The van der Waals surface area contributed by atoms with Crippen LogP contribution >= 0.6 is 11.6 Å². The van der Waals surface area contributed by atoms with E-state index in [1.54, 1.807) is 47.4 Å². The Morgan fingerprint density at radius 3 is 2.19 bits per heavy atom. The van der Waals surface area contributed by atoms with Gasteiger partial charge in [-0.15, -0.1) is 6.58 Å². The first-order chi connectivity index (χ1) is 14.8. The van der Waals surface area contributed by atoms with Gasteiger partial charge in [0.05, 0.1) is 10.9 Å². The van der Waals surface area contributed by atoms with Gasteiger partial charge in [-0.05, 0) is 55.3 Å². The van der Waals surface area contributed by atoms with Crippen molar-refractivity contribution in [3.05, 3.63) is 108 Å². The van der Waals surface area contributed by atoms with Crippen LogP contribution in [0.2, 0.25) is 5.02 Å². The standard InChI is InChI=1S/C25H22ClNO3S/c1-3-17-25(31(29,30)22-7-5-4-6-8-22)23(19-11-13-20(26)14-12-19)27(24(25)28)21-15-9-18(2)10-16-21/h3-16,23H,1,17H2,2H3/t23-,25+/m1/s1. The predicted molar refractivity (Wildman–Crippen MR) is 124 cm³/mol. The minimum absolute atomic E-state index is 0.00127. The molecule has 3 aromatic carbocycles. The lowest BCUT2D eigenvalue weighted by molar-refractivity contribution is -0.128. The molecule has 31 heavy (non-hydrogen) atoms. The number of halogens is 1. The third-order valence-corrected chi connectivity index (χ3v) is 8.43. The molecule has 1 fully saturated rings. The average Bonchev–Trinajstić information content (AvgIpc) is 2.78. The van der Waals surface area contributed by atoms with Crippen molar-refractivity contribution >= 4 is 33.0 Å². The van der Waals surface area contributed by atoms with Crippen LogP contribution in [0.1, 0.15) is 23.6 Å². The van der Waals surface area contributed by atoms with E-state index >= 15 is 0 Å². The second-order valence-electron chi connectivity index (χ2n) is 7.66. The van der Waals surface area contributed by atoms with Crippen LogP contribution in [0.15, 0.2) is 96.4 Å². The second kappa shape index (κ2) is 7.98. The number of hydrogen-bond acceptors (Lipinski definition) is 3. The molecule has 6 heteroatoms. The van der Waals surface area contributed by atoms with Crippen molar-refractivity contribution in [1.29, 1.82) is 0 Å². The smallest absolute Gasteiger partial charge is 0.252 e. The highest BCUT2D eigenvalue weighted by molar-refractivity contribution is 7.94. The van der Waals surface area contributed by atoms with Gasteiger partial charge >= 0.3 is 0 Å². The Morgan fingerprint density at radius 2 is 1.61 bits per heavy atom. The monoisotopic (exact) mass is 451 g/mol. The van der Waals surface area contributed by atoms with E-state index in [-0.39, 0.29) is 11.3 Å². The van der Waals surface area contributed by atoms with E-state index in [4.69, 9.17) is 11.6 Å². The van der Waals surface area contributed by atoms with E-state index in [1.165, 1.54) is 18.2 Å². The minimum atomic E-state index is -4.03. The van der Waals surface area contributed by atoms with Crippen molar-refractivity contribution in [3.63, 3.8) is 0 Å². The lowest BCUT2D eigenvalue weighted by Crippen LogP contribution is -2.72. The quantitative estimate of drug-likeness (QED) is 0.366. The highest BCUT2D eigenvalue weighted by Gasteiger charge is 2.68. The molecule has 0 spiro atoms. The summed E-state index contributed by atoms with van der Waals surface area (Å²) in [5, 5.41) is 0.538. The molecule has 0 aliphatic carbocycles. The molecular weight excluding hydrogens is 430 g/mol. The fourth-order valence-corrected chi connectivity index (χ4v) is 6.47. The maximum absolute atomic E-state index is 13.9. The van der Waals surface area contributed by atoms with E-state index < -0.39 is 26.5 Å². The number of nitrogens with zero attached hydrogens (tertiary/aromatic N) is 1. The van der Waals surface area contributed by atoms with Crippen LogP contribution in [0.3, 0.4) is 0 Å². The zero-order chi connectivity index (χ0) is 22.2. The molecule has 1 aliphatic heterocycles. The summed E-state index contributed by atoms with van der Waals surface area (Å²) in [7, 11) is -4.03. The van der Waals surface area contributed by atoms with E-state index in [1.807, 2.05) is 31.2 Å². The van der Waals surface area contributed by atoms with E-state index in [9.17, 15) is 13.2 Å². The number of rotatable bonds is 6. The van der Waals surface area contributed by atoms with Gasteiger partial charge in [-0.25, -0.2) is 8.42 Å². The Bertz CT molecular complexity index is 1220. The first kappa shape index (κ1) is 21.3. The Morgan fingerprint density at radius 1 is 1.00 bits per heavy atom.